The first kappa shape index (κ1) is 13.1. The Kier molecular flexibility index (Phi) is 3.79. The number of aryl methyl sites for hydroxylation is 1. The summed E-state index contributed by atoms with van der Waals surface area (Å²) in [7, 11) is 0. The van der Waals surface area contributed by atoms with Crippen molar-refractivity contribution in [2.24, 2.45) is 0 Å². The molecule has 0 aliphatic rings. The molecule has 2 aromatic heterocycles. The molecule has 0 unspecified atom stereocenters. The minimum absolute atomic E-state index is 0.270. The Hall–Kier alpha value is -2.37. The van der Waals surface area contributed by atoms with Crippen LogP contribution in [0.5, 0.6) is 0 Å². The number of rotatable bonds is 4. The van der Waals surface area contributed by atoms with Crippen molar-refractivity contribution in [1.29, 1.82) is 0 Å². The molecule has 0 fully saturated rings. The van der Waals surface area contributed by atoms with Crippen LogP contribution in [0.1, 0.15) is 30.0 Å². The van der Waals surface area contributed by atoms with Gasteiger partial charge in [0.25, 0.3) is 5.91 Å². The molecule has 0 aliphatic carbocycles. The lowest BCUT2D eigenvalue weighted by molar-refractivity contribution is 0.102. The van der Waals surface area contributed by atoms with Gasteiger partial charge in [-0.2, -0.15) is 0 Å². The minimum Gasteiger partial charge on any atom is -0.382 e. The Labute approximate surface area is 111 Å². The lowest BCUT2D eigenvalue weighted by Crippen LogP contribution is -2.14. The number of carbonyl (C=O) groups is 1. The van der Waals surface area contributed by atoms with E-state index >= 15 is 0 Å². The molecule has 2 aromatic rings. The second kappa shape index (κ2) is 5.51. The van der Waals surface area contributed by atoms with Gasteiger partial charge < -0.3 is 15.2 Å². The predicted octanol–water partition coefficient (Wildman–Crippen LogP) is 2.45. The molecule has 2 heterocycles. The van der Waals surface area contributed by atoms with E-state index in [4.69, 9.17) is 4.52 Å². The van der Waals surface area contributed by atoms with Crippen LogP contribution < -0.4 is 10.6 Å². The standard InChI is InChI=1S/C13H16N4O2/c1-8(2)15-11-5-10(6-14-7-11)13(18)16-12-4-9(3)19-17-12/h4-8,15H,1-3H3,(H,16,17,18). The van der Waals surface area contributed by atoms with Gasteiger partial charge in [-0.3, -0.25) is 9.78 Å². The van der Waals surface area contributed by atoms with Gasteiger partial charge >= 0.3 is 0 Å². The van der Waals surface area contributed by atoms with Crippen molar-refractivity contribution in [3.63, 3.8) is 0 Å². The number of nitrogens with one attached hydrogen (secondary N) is 2. The zero-order valence-electron chi connectivity index (χ0n) is 11.1. The summed E-state index contributed by atoms with van der Waals surface area (Å²) < 4.78 is 4.88. The Morgan fingerprint density at radius 2 is 2.11 bits per heavy atom. The summed E-state index contributed by atoms with van der Waals surface area (Å²) in [4.78, 5) is 16.0. The van der Waals surface area contributed by atoms with Crippen molar-refractivity contribution in [3.05, 3.63) is 35.9 Å². The van der Waals surface area contributed by atoms with Crippen LogP contribution in [-0.4, -0.2) is 22.1 Å². The smallest absolute Gasteiger partial charge is 0.258 e. The quantitative estimate of drug-likeness (QED) is 0.882. The highest BCUT2D eigenvalue weighted by atomic mass is 16.5. The van der Waals surface area contributed by atoms with Crippen molar-refractivity contribution in [3.8, 4) is 0 Å². The average Bonchev–Trinajstić information content (AvgIpc) is 2.74. The molecule has 0 atom stereocenters. The van der Waals surface area contributed by atoms with Gasteiger partial charge in [0.15, 0.2) is 5.82 Å². The summed E-state index contributed by atoms with van der Waals surface area (Å²) in [6, 6.07) is 3.68. The first-order chi connectivity index (χ1) is 9.04. The molecule has 0 saturated heterocycles. The summed E-state index contributed by atoms with van der Waals surface area (Å²) in [6.45, 7) is 5.80. The fourth-order valence-electron chi connectivity index (χ4n) is 1.59. The molecule has 19 heavy (non-hydrogen) atoms. The Morgan fingerprint density at radius 1 is 1.32 bits per heavy atom. The van der Waals surface area contributed by atoms with Gasteiger partial charge in [0, 0.05) is 24.5 Å². The average molecular weight is 260 g/mol. The molecule has 0 bridgehead atoms. The topological polar surface area (TPSA) is 80.0 Å². The molecule has 0 radical (unpaired) electrons. The second-order valence-electron chi connectivity index (χ2n) is 4.54. The molecule has 0 saturated carbocycles. The molecule has 6 heteroatoms. The van der Waals surface area contributed by atoms with Crippen molar-refractivity contribution < 1.29 is 9.32 Å². The molecule has 1 amide bonds. The van der Waals surface area contributed by atoms with Gasteiger partial charge in [-0.25, -0.2) is 0 Å². The van der Waals surface area contributed by atoms with E-state index in [0.29, 0.717) is 17.1 Å². The molecule has 0 aromatic carbocycles. The Morgan fingerprint density at radius 3 is 2.74 bits per heavy atom. The SMILES string of the molecule is Cc1cc(NC(=O)c2cncc(NC(C)C)c2)no1. The van der Waals surface area contributed by atoms with Crippen LogP contribution in [0.3, 0.4) is 0 Å². The van der Waals surface area contributed by atoms with Crippen LogP contribution in [0.15, 0.2) is 29.0 Å². The maximum Gasteiger partial charge on any atom is 0.258 e. The van der Waals surface area contributed by atoms with E-state index in [2.05, 4.69) is 20.8 Å². The fraction of sp³-hybridized carbons (Fsp3) is 0.308. The highest BCUT2D eigenvalue weighted by molar-refractivity contribution is 6.04. The normalized spacial score (nSPS) is 10.5. The van der Waals surface area contributed by atoms with Gasteiger partial charge in [0.05, 0.1) is 11.3 Å². The predicted molar refractivity (Wildman–Crippen MR) is 72.2 cm³/mol. The lowest BCUT2D eigenvalue weighted by Gasteiger charge is -2.10. The third-order valence-corrected chi connectivity index (χ3v) is 2.33. The van der Waals surface area contributed by atoms with Crippen molar-refractivity contribution >= 4 is 17.4 Å². The van der Waals surface area contributed by atoms with Crippen molar-refractivity contribution in [1.82, 2.24) is 10.1 Å². The Balaban J connectivity index is 2.10. The number of amides is 1. The van der Waals surface area contributed by atoms with Crippen LogP contribution in [0.25, 0.3) is 0 Å². The van der Waals surface area contributed by atoms with E-state index in [-0.39, 0.29) is 11.9 Å². The van der Waals surface area contributed by atoms with Crippen LogP contribution in [0.4, 0.5) is 11.5 Å². The summed E-state index contributed by atoms with van der Waals surface area (Å²) in [5, 5.41) is 9.55. The van der Waals surface area contributed by atoms with Crippen molar-refractivity contribution in [2.45, 2.75) is 26.8 Å². The third kappa shape index (κ3) is 3.54. The maximum atomic E-state index is 12.0. The van der Waals surface area contributed by atoms with Crippen LogP contribution >= 0.6 is 0 Å². The first-order valence-electron chi connectivity index (χ1n) is 6.01. The fourth-order valence-corrected chi connectivity index (χ4v) is 1.59. The first-order valence-corrected chi connectivity index (χ1v) is 6.01. The number of pyridine rings is 1. The molecular weight excluding hydrogens is 244 g/mol. The van der Waals surface area contributed by atoms with Crippen LogP contribution in [0.2, 0.25) is 0 Å². The zero-order valence-corrected chi connectivity index (χ0v) is 11.1. The number of anilines is 2. The monoisotopic (exact) mass is 260 g/mol. The lowest BCUT2D eigenvalue weighted by atomic mass is 10.2. The van der Waals surface area contributed by atoms with E-state index < -0.39 is 0 Å². The van der Waals surface area contributed by atoms with Gasteiger partial charge in [-0.05, 0) is 26.8 Å². The van der Waals surface area contributed by atoms with E-state index in [1.54, 1.807) is 25.3 Å². The van der Waals surface area contributed by atoms with Crippen LogP contribution in [-0.2, 0) is 0 Å². The number of carbonyl (C=O) groups excluding carboxylic acids is 1. The molecule has 6 nitrogen and oxygen atoms in total. The molecular formula is C13H16N4O2. The zero-order chi connectivity index (χ0) is 13.8. The summed E-state index contributed by atoms with van der Waals surface area (Å²) in [5.41, 5.74) is 1.27. The van der Waals surface area contributed by atoms with E-state index in [1.165, 1.54) is 6.20 Å². The molecule has 0 spiro atoms. The van der Waals surface area contributed by atoms with E-state index in [9.17, 15) is 4.79 Å². The van der Waals surface area contributed by atoms with E-state index in [0.717, 1.165) is 5.69 Å². The number of aromatic nitrogens is 2. The molecule has 100 valence electrons. The highest BCUT2D eigenvalue weighted by Crippen LogP contribution is 2.13. The van der Waals surface area contributed by atoms with Gasteiger partial charge in [-0.15, -0.1) is 0 Å². The van der Waals surface area contributed by atoms with E-state index in [1.807, 2.05) is 13.8 Å². The third-order valence-electron chi connectivity index (χ3n) is 2.33. The maximum absolute atomic E-state index is 12.0. The minimum atomic E-state index is -0.270. The highest BCUT2D eigenvalue weighted by Gasteiger charge is 2.10. The number of nitrogens with zero attached hydrogens (tertiary/aromatic N) is 2. The van der Waals surface area contributed by atoms with Gasteiger partial charge in [-0.1, -0.05) is 5.16 Å². The molecule has 2 N–H and O–H groups in total. The Bertz CT molecular complexity index is 578. The second-order valence-corrected chi connectivity index (χ2v) is 4.54. The van der Waals surface area contributed by atoms with Crippen LogP contribution in [0, 0.1) is 6.92 Å². The number of hydrogen-bond donors (Lipinski definition) is 2. The van der Waals surface area contributed by atoms with Crippen molar-refractivity contribution in [2.75, 3.05) is 10.6 Å². The van der Waals surface area contributed by atoms with Gasteiger partial charge in [0.2, 0.25) is 0 Å². The summed E-state index contributed by atoms with van der Waals surface area (Å²) in [6.07, 6.45) is 3.19. The molecule has 2 rings (SSSR count). The summed E-state index contributed by atoms with van der Waals surface area (Å²) >= 11 is 0. The number of hydrogen-bond acceptors (Lipinski definition) is 5. The molecule has 0 aliphatic heterocycles. The van der Waals surface area contributed by atoms with Gasteiger partial charge in [0.1, 0.15) is 5.76 Å². The summed E-state index contributed by atoms with van der Waals surface area (Å²) in [5.74, 6) is 0.765. The largest absolute Gasteiger partial charge is 0.382 e.